The van der Waals surface area contributed by atoms with E-state index in [4.69, 9.17) is 9.29 Å². The fourth-order valence-electron chi connectivity index (χ4n) is 2.26. The average molecular weight is 382 g/mol. The van der Waals surface area contributed by atoms with Gasteiger partial charge in [0.1, 0.15) is 0 Å². The van der Waals surface area contributed by atoms with Crippen molar-refractivity contribution in [1.29, 1.82) is 0 Å². The minimum Gasteiger partial charge on any atom is -1.00 e. The van der Waals surface area contributed by atoms with Gasteiger partial charge in [-0.15, -0.1) is 0 Å². The van der Waals surface area contributed by atoms with Gasteiger partial charge in [-0.25, -0.2) is 4.31 Å². The van der Waals surface area contributed by atoms with Crippen molar-refractivity contribution in [3.63, 3.8) is 0 Å². The van der Waals surface area contributed by atoms with Crippen LogP contribution in [0.5, 0.6) is 0 Å². The average Bonchev–Trinajstić information content (AvgIpc) is 2.50. The van der Waals surface area contributed by atoms with E-state index >= 15 is 0 Å². The van der Waals surface area contributed by atoms with Crippen LogP contribution >= 0.6 is 0 Å². The summed E-state index contributed by atoms with van der Waals surface area (Å²) in [4.78, 5) is 35.6. The van der Waals surface area contributed by atoms with Gasteiger partial charge in [-0.3, -0.25) is 18.9 Å². The van der Waals surface area contributed by atoms with E-state index in [-0.39, 0.29) is 40.9 Å². The van der Waals surface area contributed by atoms with E-state index in [9.17, 15) is 27.9 Å². The maximum absolute atomic E-state index is 12.3. The van der Waals surface area contributed by atoms with E-state index < -0.39 is 46.3 Å². The van der Waals surface area contributed by atoms with Gasteiger partial charge in [-0.05, 0) is 5.56 Å². The molecule has 0 bridgehead atoms. The molecule has 25 heavy (non-hydrogen) atoms. The maximum atomic E-state index is 12.3. The zero-order valence-corrected chi connectivity index (χ0v) is 16.2. The standard InChI is InChI=1S/C13H14N2O8S.Na.H/c1-23-13(7-15(12(13)19)24(20,21)22)14-10(16)9(11(17)18)8-5-3-2-4-6-8;;/h2-6,9H,7H2,1H3,(H,14,16)(H,17,18)(H,20,21,22);;/q;+1;-1. The predicted molar refractivity (Wildman–Crippen MR) is 79.1 cm³/mol. The maximum Gasteiger partial charge on any atom is 1.00 e. The number of hydrogen-bond donors (Lipinski definition) is 3. The van der Waals surface area contributed by atoms with Gasteiger partial charge < -0.3 is 16.6 Å². The number of carboxylic acids is 1. The minimum absolute atomic E-state index is 0. The Morgan fingerprint density at radius 2 is 1.92 bits per heavy atom. The normalized spacial score (nSPS) is 20.9. The van der Waals surface area contributed by atoms with E-state index in [1.54, 1.807) is 18.2 Å². The summed E-state index contributed by atoms with van der Waals surface area (Å²) in [6, 6.07) is 7.56. The summed E-state index contributed by atoms with van der Waals surface area (Å²) in [6.45, 7) is -0.673. The molecule has 2 unspecified atom stereocenters. The summed E-state index contributed by atoms with van der Waals surface area (Å²) in [6.07, 6.45) is 0. The molecule has 0 radical (unpaired) electrons. The monoisotopic (exact) mass is 382 g/mol. The van der Waals surface area contributed by atoms with Crippen LogP contribution in [0.2, 0.25) is 0 Å². The minimum atomic E-state index is -4.78. The molecule has 1 aromatic carbocycles. The molecule has 1 fully saturated rings. The third-order valence-electron chi connectivity index (χ3n) is 3.53. The quantitative estimate of drug-likeness (QED) is 0.148. The van der Waals surface area contributed by atoms with Crippen molar-refractivity contribution in [2.75, 3.05) is 13.7 Å². The van der Waals surface area contributed by atoms with Crippen LogP contribution in [-0.2, 0) is 29.4 Å². The van der Waals surface area contributed by atoms with Crippen LogP contribution in [0.25, 0.3) is 0 Å². The number of β-lactam (4-membered cyclic amide) rings is 1. The fraction of sp³-hybridized carbons (Fsp3) is 0.308. The first-order valence-corrected chi connectivity index (χ1v) is 7.96. The number of carboxylic acid groups (broad SMARTS) is 1. The first-order valence-electron chi connectivity index (χ1n) is 6.57. The molecule has 3 N–H and O–H groups in total. The molecule has 1 aliphatic heterocycles. The molecular formula is C13H15N2NaO8S. The van der Waals surface area contributed by atoms with Gasteiger partial charge in [-0.1, -0.05) is 30.3 Å². The van der Waals surface area contributed by atoms with E-state index in [0.717, 1.165) is 7.11 Å². The third kappa shape index (κ3) is 4.19. The molecule has 1 aliphatic rings. The van der Waals surface area contributed by atoms with Crippen molar-refractivity contribution in [1.82, 2.24) is 9.62 Å². The number of aliphatic carboxylic acids is 1. The van der Waals surface area contributed by atoms with Crippen LogP contribution in [0.4, 0.5) is 0 Å². The Kier molecular flexibility index (Phi) is 6.73. The smallest absolute Gasteiger partial charge is 1.00 e. The van der Waals surface area contributed by atoms with E-state index in [2.05, 4.69) is 5.32 Å². The number of amides is 2. The van der Waals surface area contributed by atoms with Gasteiger partial charge in [0.25, 0.3) is 5.91 Å². The molecule has 0 aromatic heterocycles. The molecule has 12 heteroatoms. The number of nitrogens with one attached hydrogen (secondary N) is 1. The molecule has 1 heterocycles. The van der Waals surface area contributed by atoms with Crippen molar-refractivity contribution >= 4 is 28.1 Å². The number of methoxy groups -OCH3 is 1. The predicted octanol–water partition coefficient (Wildman–Crippen LogP) is -3.92. The topological polar surface area (TPSA) is 150 Å². The van der Waals surface area contributed by atoms with Crippen molar-refractivity contribution in [3.8, 4) is 0 Å². The Bertz CT molecular complexity index is 791. The summed E-state index contributed by atoms with van der Waals surface area (Å²) in [5.41, 5.74) is -1.87. The first-order chi connectivity index (χ1) is 11.1. The van der Waals surface area contributed by atoms with Gasteiger partial charge in [0, 0.05) is 7.11 Å². The number of ether oxygens (including phenoxy) is 1. The largest absolute Gasteiger partial charge is 1.00 e. The van der Waals surface area contributed by atoms with E-state index in [1.807, 2.05) is 0 Å². The third-order valence-corrected chi connectivity index (χ3v) is 4.38. The summed E-state index contributed by atoms with van der Waals surface area (Å²) in [5, 5.41) is 11.4. The Morgan fingerprint density at radius 3 is 2.32 bits per heavy atom. The first kappa shape index (κ1) is 21.5. The molecule has 10 nitrogen and oxygen atoms in total. The van der Waals surface area contributed by atoms with Crippen LogP contribution in [0.1, 0.15) is 12.9 Å². The van der Waals surface area contributed by atoms with Gasteiger partial charge in [0.2, 0.25) is 11.6 Å². The SMILES string of the molecule is COC1(NC(=O)C(C(=O)O)c2ccccc2)CN(S(=O)(=O)O)C1=O.[H-].[Na+]. The van der Waals surface area contributed by atoms with Crippen LogP contribution in [0, 0.1) is 0 Å². The van der Waals surface area contributed by atoms with Gasteiger partial charge in [-0.2, -0.15) is 8.42 Å². The number of hydrogen-bond acceptors (Lipinski definition) is 6. The van der Waals surface area contributed by atoms with E-state index in [1.165, 1.54) is 12.1 Å². The van der Waals surface area contributed by atoms with Crippen LogP contribution in [0.3, 0.4) is 0 Å². The number of benzene rings is 1. The Balaban J connectivity index is 0.00000312. The molecule has 0 saturated carbocycles. The molecular weight excluding hydrogens is 367 g/mol. The molecule has 1 aromatic rings. The zero-order chi connectivity index (χ0) is 18.1. The molecule has 132 valence electrons. The second kappa shape index (κ2) is 7.81. The molecule has 0 spiro atoms. The number of carbonyl (C=O) groups is 3. The molecule has 2 atom stereocenters. The fourth-order valence-corrected chi connectivity index (χ4v) is 2.96. The van der Waals surface area contributed by atoms with E-state index in [0.29, 0.717) is 0 Å². The molecule has 1 saturated heterocycles. The van der Waals surface area contributed by atoms with Crippen molar-refractivity contribution in [3.05, 3.63) is 35.9 Å². The van der Waals surface area contributed by atoms with Crippen molar-refractivity contribution in [2.45, 2.75) is 11.6 Å². The Morgan fingerprint density at radius 1 is 1.36 bits per heavy atom. The number of carbonyl (C=O) groups excluding carboxylic acids is 2. The molecule has 2 amide bonds. The number of nitrogens with zero attached hydrogens (tertiary/aromatic N) is 1. The van der Waals surface area contributed by atoms with Gasteiger partial charge >= 0.3 is 45.8 Å². The summed E-state index contributed by atoms with van der Waals surface area (Å²) in [5.74, 6) is -5.36. The van der Waals surface area contributed by atoms with Crippen LogP contribution in [-0.4, -0.2) is 59.5 Å². The van der Waals surface area contributed by atoms with Crippen LogP contribution in [0.15, 0.2) is 30.3 Å². The van der Waals surface area contributed by atoms with Crippen molar-refractivity contribution < 1.29 is 68.2 Å². The van der Waals surface area contributed by atoms with Gasteiger partial charge in [0.15, 0.2) is 5.92 Å². The number of rotatable bonds is 6. The zero-order valence-electron chi connectivity index (χ0n) is 14.4. The summed E-state index contributed by atoms with van der Waals surface area (Å²) in [7, 11) is -3.75. The van der Waals surface area contributed by atoms with Crippen LogP contribution < -0.4 is 34.9 Å². The van der Waals surface area contributed by atoms with Crippen molar-refractivity contribution in [2.24, 2.45) is 0 Å². The molecule has 2 rings (SSSR count). The Labute approximate surface area is 166 Å². The Hall–Kier alpha value is -1.50. The second-order valence-corrected chi connectivity index (χ2v) is 6.33. The molecule has 0 aliphatic carbocycles. The summed E-state index contributed by atoms with van der Waals surface area (Å²) < 4.78 is 35.8. The van der Waals surface area contributed by atoms with Gasteiger partial charge in [0.05, 0.1) is 6.54 Å². The summed E-state index contributed by atoms with van der Waals surface area (Å²) >= 11 is 0. The second-order valence-electron chi connectivity index (χ2n) is 4.99.